The Morgan fingerprint density at radius 2 is 1.11 bits per heavy atom. The van der Waals surface area contributed by atoms with E-state index < -0.39 is 12.1 Å². The molecule has 0 nitrogen and oxygen atoms in total. The molecule has 0 heterocycles. The van der Waals surface area contributed by atoms with E-state index in [1.807, 2.05) is 12.1 Å². The number of hydrogen-bond acceptors (Lipinski definition) is 2. The third-order valence-electron chi connectivity index (χ3n) is 2.89. The second-order valence-electron chi connectivity index (χ2n) is 5.13. The van der Waals surface area contributed by atoms with Gasteiger partial charge in [0.1, 0.15) is 0 Å². The summed E-state index contributed by atoms with van der Waals surface area (Å²) in [5.74, 6) is 0.985. The van der Waals surface area contributed by atoms with Crippen LogP contribution in [0.25, 0.3) is 0 Å². The van der Waals surface area contributed by atoms with Gasteiger partial charge in [-0.25, -0.2) is 0 Å². The summed E-state index contributed by atoms with van der Waals surface area (Å²) < 4.78 is 0. The molecule has 100 valence electrons. The van der Waals surface area contributed by atoms with Crippen molar-refractivity contribution >= 4 is 46.3 Å². The highest BCUT2D eigenvalue weighted by atomic mass is 32.5. The van der Waals surface area contributed by atoms with Gasteiger partial charge in [0.2, 0.25) is 0 Å². The van der Waals surface area contributed by atoms with Crippen LogP contribution in [0.5, 0.6) is 0 Å². The lowest BCUT2D eigenvalue weighted by atomic mass is 10.4. The molecule has 0 aliphatic heterocycles. The van der Waals surface area contributed by atoms with Gasteiger partial charge >= 0.3 is 0 Å². The standard InChI is InChI=1S/C15H18P2S2/c1-16(2,18)13-17(19,14-9-5-3-6-10-14)15-11-7-4-8-12-15/h3-12H,13H2,1-2H3. The highest BCUT2D eigenvalue weighted by Gasteiger charge is 2.25. The van der Waals surface area contributed by atoms with Gasteiger partial charge in [0, 0.05) is 11.9 Å². The van der Waals surface area contributed by atoms with Crippen LogP contribution in [0.2, 0.25) is 0 Å². The second kappa shape index (κ2) is 6.02. The monoisotopic (exact) mass is 324 g/mol. The van der Waals surface area contributed by atoms with Crippen LogP contribution in [-0.4, -0.2) is 19.2 Å². The Balaban J connectivity index is 2.58. The molecule has 0 aliphatic carbocycles. The van der Waals surface area contributed by atoms with E-state index in [4.69, 9.17) is 23.6 Å². The van der Waals surface area contributed by atoms with Crippen LogP contribution in [0.4, 0.5) is 0 Å². The van der Waals surface area contributed by atoms with Crippen LogP contribution in [0.1, 0.15) is 0 Å². The van der Waals surface area contributed by atoms with Crippen molar-refractivity contribution in [1.82, 2.24) is 0 Å². The predicted molar refractivity (Wildman–Crippen MR) is 97.4 cm³/mol. The van der Waals surface area contributed by atoms with Gasteiger partial charge in [-0.15, -0.1) is 0 Å². The molecule has 0 fully saturated rings. The van der Waals surface area contributed by atoms with Gasteiger partial charge in [-0.3, -0.25) is 0 Å². The average molecular weight is 324 g/mol. The van der Waals surface area contributed by atoms with Crippen molar-refractivity contribution in [2.45, 2.75) is 0 Å². The van der Waals surface area contributed by atoms with E-state index in [-0.39, 0.29) is 0 Å². The first-order valence-electron chi connectivity index (χ1n) is 6.16. The Kier molecular flexibility index (Phi) is 4.79. The number of hydrogen-bond donors (Lipinski definition) is 0. The molecule has 0 saturated heterocycles. The maximum absolute atomic E-state index is 6.16. The second-order valence-corrected chi connectivity index (χ2v) is 16.8. The average Bonchev–Trinajstić information content (AvgIpc) is 2.39. The summed E-state index contributed by atoms with van der Waals surface area (Å²) in [7, 11) is 0. The molecule has 19 heavy (non-hydrogen) atoms. The topological polar surface area (TPSA) is 0 Å². The van der Waals surface area contributed by atoms with E-state index in [1.165, 1.54) is 10.6 Å². The summed E-state index contributed by atoms with van der Waals surface area (Å²) >= 11 is 11.9. The molecule has 2 rings (SSSR count). The first-order valence-corrected chi connectivity index (χ1v) is 13.0. The molecular formula is C15H18P2S2. The summed E-state index contributed by atoms with van der Waals surface area (Å²) in [6.07, 6.45) is 0. The number of benzene rings is 2. The largest absolute Gasteiger partial charge is 0.0976 e. The maximum atomic E-state index is 6.16. The molecule has 4 heteroatoms. The fourth-order valence-electron chi connectivity index (χ4n) is 2.13. The molecule has 0 aromatic heterocycles. The van der Waals surface area contributed by atoms with Crippen LogP contribution in [-0.2, 0) is 23.6 Å². The molecule has 0 amide bonds. The minimum Gasteiger partial charge on any atom is -0.0976 e. The van der Waals surface area contributed by atoms with E-state index in [2.05, 4.69) is 61.9 Å². The van der Waals surface area contributed by atoms with Gasteiger partial charge in [0.25, 0.3) is 0 Å². The van der Waals surface area contributed by atoms with Crippen molar-refractivity contribution in [1.29, 1.82) is 0 Å². The van der Waals surface area contributed by atoms with Gasteiger partial charge < -0.3 is 0 Å². The molecule has 0 N–H and O–H groups in total. The summed E-state index contributed by atoms with van der Waals surface area (Å²) in [5.41, 5.74) is 0. The summed E-state index contributed by atoms with van der Waals surface area (Å²) in [6.45, 7) is 4.41. The van der Waals surface area contributed by atoms with Crippen molar-refractivity contribution in [3.8, 4) is 0 Å². The summed E-state index contributed by atoms with van der Waals surface area (Å²) in [6, 6.07) is 18.0. The Morgan fingerprint density at radius 1 is 0.737 bits per heavy atom. The lowest BCUT2D eigenvalue weighted by Crippen LogP contribution is -2.18. The zero-order chi connectivity index (χ0) is 13.9. The van der Waals surface area contributed by atoms with Gasteiger partial charge in [-0.2, -0.15) is 0 Å². The van der Waals surface area contributed by atoms with E-state index in [1.54, 1.807) is 0 Å². The van der Waals surface area contributed by atoms with Crippen LogP contribution in [0, 0.1) is 0 Å². The minimum atomic E-state index is -1.77. The smallest absolute Gasteiger partial charge is 0.0154 e. The van der Waals surface area contributed by atoms with Gasteiger partial charge in [-0.1, -0.05) is 84.3 Å². The van der Waals surface area contributed by atoms with Crippen molar-refractivity contribution < 1.29 is 0 Å². The van der Waals surface area contributed by atoms with Crippen molar-refractivity contribution in [2.75, 3.05) is 19.2 Å². The van der Waals surface area contributed by atoms with Crippen molar-refractivity contribution in [3.63, 3.8) is 0 Å². The van der Waals surface area contributed by atoms with Crippen LogP contribution >= 0.6 is 12.1 Å². The molecule has 0 spiro atoms. The Labute approximate surface area is 126 Å². The Hall–Kier alpha value is -0.260. The quantitative estimate of drug-likeness (QED) is 0.784. The summed E-state index contributed by atoms with van der Waals surface area (Å²) in [5, 5.41) is 2.57. The molecule has 0 bridgehead atoms. The SMILES string of the molecule is CP(C)(=S)CP(=S)(c1ccccc1)c1ccccc1. The Morgan fingerprint density at radius 3 is 1.42 bits per heavy atom. The molecule has 2 aromatic carbocycles. The lowest BCUT2D eigenvalue weighted by molar-refractivity contribution is 1.74. The lowest BCUT2D eigenvalue weighted by Gasteiger charge is -2.26. The van der Waals surface area contributed by atoms with E-state index in [0.29, 0.717) is 0 Å². The fraction of sp³-hybridized carbons (Fsp3) is 0.200. The van der Waals surface area contributed by atoms with Crippen molar-refractivity contribution in [3.05, 3.63) is 60.7 Å². The zero-order valence-electron chi connectivity index (χ0n) is 11.2. The van der Waals surface area contributed by atoms with E-state index >= 15 is 0 Å². The number of rotatable bonds is 4. The summed E-state index contributed by atoms with van der Waals surface area (Å²) in [4.78, 5) is 0. The molecule has 0 atom stereocenters. The van der Waals surface area contributed by atoms with E-state index in [9.17, 15) is 0 Å². The molecule has 0 aliphatic rings. The minimum absolute atomic E-state index is 0.985. The first-order chi connectivity index (χ1) is 8.92. The van der Waals surface area contributed by atoms with Crippen molar-refractivity contribution in [2.24, 2.45) is 0 Å². The van der Waals surface area contributed by atoms with Gasteiger partial charge in [0.05, 0.1) is 0 Å². The van der Waals surface area contributed by atoms with Crippen LogP contribution in [0.15, 0.2) is 60.7 Å². The maximum Gasteiger partial charge on any atom is 0.0154 e. The third kappa shape index (κ3) is 3.86. The normalized spacial score (nSPS) is 12.3. The van der Waals surface area contributed by atoms with Gasteiger partial charge in [-0.05, 0) is 30.0 Å². The molecule has 2 aromatic rings. The van der Waals surface area contributed by atoms with Crippen LogP contribution in [0.3, 0.4) is 0 Å². The highest BCUT2D eigenvalue weighted by Crippen LogP contribution is 2.56. The highest BCUT2D eigenvalue weighted by molar-refractivity contribution is 8.28. The molecule has 0 radical (unpaired) electrons. The van der Waals surface area contributed by atoms with Gasteiger partial charge in [0.15, 0.2) is 0 Å². The predicted octanol–water partition coefficient (Wildman–Crippen LogP) is 3.81. The van der Waals surface area contributed by atoms with Crippen LogP contribution < -0.4 is 10.6 Å². The van der Waals surface area contributed by atoms with E-state index in [0.717, 1.165) is 5.90 Å². The zero-order valence-corrected chi connectivity index (χ0v) is 14.6. The Bertz CT molecular complexity index is 586. The third-order valence-corrected chi connectivity index (χ3v) is 12.8. The molecule has 0 saturated carbocycles. The molecule has 0 unspecified atom stereocenters. The first kappa shape index (κ1) is 15.1. The molecular weight excluding hydrogens is 306 g/mol. The fourth-order valence-corrected chi connectivity index (χ4v) is 14.4.